The molecule has 0 atom stereocenters. The summed E-state index contributed by atoms with van der Waals surface area (Å²) in [6.45, 7) is -0.105. The molecule has 0 radical (unpaired) electrons. The average Bonchev–Trinajstić information content (AvgIpc) is 2.92. The van der Waals surface area contributed by atoms with Crippen molar-refractivity contribution in [3.8, 4) is 6.07 Å². The first-order valence-electron chi connectivity index (χ1n) is 6.30. The Morgan fingerprint density at radius 1 is 1.30 bits per heavy atom. The van der Waals surface area contributed by atoms with E-state index < -0.39 is 10.0 Å². The maximum Gasteiger partial charge on any atom is 0.245 e. The van der Waals surface area contributed by atoms with Gasteiger partial charge in [0, 0.05) is 15.0 Å². The van der Waals surface area contributed by atoms with Crippen LogP contribution in [0, 0.1) is 11.3 Å². The summed E-state index contributed by atoms with van der Waals surface area (Å²) in [5.41, 5.74) is 0. The lowest BCUT2D eigenvalue weighted by Crippen LogP contribution is -2.39. The van der Waals surface area contributed by atoms with E-state index in [0.717, 1.165) is 25.7 Å². The van der Waals surface area contributed by atoms with Gasteiger partial charge in [0.1, 0.15) is 6.54 Å². The van der Waals surface area contributed by atoms with Gasteiger partial charge in [0.15, 0.2) is 0 Å². The predicted molar refractivity (Wildman–Crippen MR) is 83.6 cm³/mol. The highest BCUT2D eigenvalue weighted by molar-refractivity contribution is 9.11. The van der Waals surface area contributed by atoms with E-state index in [9.17, 15) is 8.42 Å². The van der Waals surface area contributed by atoms with Gasteiger partial charge in [0.2, 0.25) is 10.0 Å². The minimum atomic E-state index is -3.67. The second-order valence-electron chi connectivity index (χ2n) is 4.72. The molecule has 0 aliphatic heterocycles. The normalized spacial score (nSPS) is 16.5. The number of nitriles is 1. The van der Waals surface area contributed by atoms with Gasteiger partial charge in [-0.3, -0.25) is 0 Å². The predicted octanol–water partition coefficient (Wildman–Crippen LogP) is 3.67. The number of hydrogen-bond acceptors (Lipinski definition) is 3. The first-order valence-corrected chi connectivity index (χ1v) is 9.33. The Hall–Kier alpha value is -0.420. The Balaban J connectivity index is 2.45. The molecule has 0 spiro atoms. The van der Waals surface area contributed by atoms with Crippen LogP contribution in [-0.2, 0) is 10.0 Å². The summed E-state index contributed by atoms with van der Waals surface area (Å²) < 4.78 is 28.2. The van der Waals surface area contributed by atoms with E-state index in [2.05, 4.69) is 31.9 Å². The van der Waals surface area contributed by atoms with Crippen molar-refractivity contribution in [2.24, 2.45) is 0 Å². The maximum atomic E-state index is 12.8. The van der Waals surface area contributed by atoms with Crippen LogP contribution >= 0.6 is 31.9 Å². The number of sulfonamides is 1. The molecule has 1 aromatic rings. The van der Waals surface area contributed by atoms with Crippen molar-refractivity contribution in [2.75, 3.05) is 6.54 Å². The first kappa shape index (κ1) is 16.0. The van der Waals surface area contributed by atoms with Crippen LogP contribution in [-0.4, -0.2) is 25.3 Å². The molecule has 4 nitrogen and oxygen atoms in total. The molecule has 0 heterocycles. The van der Waals surface area contributed by atoms with Crippen LogP contribution in [0.4, 0.5) is 0 Å². The lowest BCUT2D eigenvalue weighted by atomic mass is 10.2. The summed E-state index contributed by atoms with van der Waals surface area (Å²) in [6.07, 6.45) is 3.68. The summed E-state index contributed by atoms with van der Waals surface area (Å²) in [5.74, 6) is 0. The fourth-order valence-corrected chi connectivity index (χ4v) is 5.52. The Morgan fingerprint density at radius 3 is 2.55 bits per heavy atom. The van der Waals surface area contributed by atoms with Crippen LogP contribution < -0.4 is 0 Å². The third kappa shape index (κ3) is 3.25. The van der Waals surface area contributed by atoms with Gasteiger partial charge >= 0.3 is 0 Å². The smallest absolute Gasteiger partial charge is 0.207 e. The highest BCUT2D eigenvalue weighted by Gasteiger charge is 2.34. The number of nitrogens with zero attached hydrogens (tertiary/aromatic N) is 2. The summed E-state index contributed by atoms with van der Waals surface area (Å²) in [4.78, 5) is 0.203. The topological polar surface area (TPSA) is 61.2 Å². The molecular weight excluding hydrogens is 408 g/mol. The third-order valence-electron chi connectivity index (χ3n) is 3.44. The highest BCUT2D eigenvalue weighted by atomic mass is 79.9. The Morgan fingerprint density at radius 2 is 1.95 bits per heavy atom. The van der Waals surface area contributed by atoms with E-state index in [1.165, 1.54) is 4.31 Å². The molecule has 1 aliphatic carbocycles. The van der Waals surface area contributed by atoms with Crippen LogP contribution in [0.2, 0.25) is 0 Å². The fraction of sp³-hybridized carbons (Fsp3) is 0.462. The summed E-state index contributed by atoms with van der Waals surface area (Å²) in [6, 6.07) is 6.94. The summed E-state index contributed by atoms with van der Waals surface area (Å²) in [5, 5.41) is 8.95. The van der Waals surface area contributed by atoms with Gasteiger partial charge in [-0.1, -0.05) is 28.8 Å². The summed E-state index contributed by atoms with van der Waals surface area (Å²) in [7, 11) is -3.67. The Labute approximate surface area is 136 Å². The molecule has 0 bridgehead atoms. The summed E-state index contributed by atoms with van der Waals surface area (Å²) >= 11 is 6.58. The standard InChI is InChI=1S/C13H14Br2N2O2S/c14-10-5-6-12(15)13(9-10)20(18,19)17(8-7-16)11-3-1-2-4-11/h5-6,9,11H,1-4,8H2. The number of benzene rings is 1. The van der Waals surface area contributed by atoms with Gasteiger partial charge in [-0.2, -0.15) is 9.57 Å². The van der Waals surface area contributed by atoms with E-state index in [1.807, 2.05) is 6.07 Å². The molecule has 1 aromatic carbocycles. The van der Waals surface area contributed by atoms with Crippen LogP contribution in [0.15, 0.2) is 32.0 Å². The Kier molecular flexibility index (Phi) is 5.24. The SMILES string of the molecule is N#CCN(C1CCCC1)S(=O)(=O)c1cc(Br)ccc1Br. The third-order valence-corrected chi connectivity index (χ3v) is 6.82. The zero-order valence-electron chi connectivity index (χ0n) is 10.7. The van der Waals surface area contributed by atoms with Crippen molar-refractivity contribution in [1.29, 1.82) is 5.26 Å². The molecule has 0 aromatic heterocycles. The van der Waals surface area contributed by atoms with E-state index >= 15 is 0 Å². The second-order valence-corrected chi connectivity index (χ2v) is 8.35. The molecule has 1 fully saturated rings. The number of halogens is 2. The van der Waals surface area contributed by atoms with Crippen molar-refractivity contribution in [1.82, 2.24) is 4.31 Å². The van der Waals surface area contributed by atoms with Crippen LogP contribution in [0.1, 0.15) is 25.7 Å². The molecule has 0 N–H and O–H groups in total. The molecule has 0 amide bonds. The Bertz CT molecular complexity index is 634. The second kappa shape index (κ2) is 6.56. The van der Waals surface area contributed by atoms with Gasteiger partial charge in [0.25, 0.3) is 0 Å². The molecule has 7 heteroatoms. The monoisotopic (exact) mass is 420 g/mol. The van der Waals surface area contributed by atoms with Crippen LogP contribution in [0.25, 0.3) is 0 Å². The highest BCUT2D eigenvalue weighted by Crippen LogP contribution is 2.32. The van der Waals surface area contributed by atoms with Gasteiger partial charge in [-0.05, 0) is 47.0 Å². The molecule has 20 heavy (non-hydrogen) atoms. The van der Waals surface area contributed by atoms with E-state index in [0.29, 0.717) is 8.95 Å². The molecule has 0 unspecified atom stereocenters. The van der Waals surface area contributed by atoms with E-state index in [1.54, 1.807) is 18.2 Å². The maximum absolute atomic E-state index is 12.8. The van der Waals surface area contributed by atoms with Crippen molar-refractivity contribution >= 4 is 41.9 Å². The van der Waals surface area contributed by atoms with Crippen LogP contribution in [0.5, 0.6) is 0 Å². The van der Waals surface area contributed by atoms with Crippen molar-refractivity contribution in [3.05, 3.63) is 27.1 Å². The van der Waals surface area contributed by atoms with Crippen molar-refractivity contribution < 1.29 is 8.42 Å². The van der Waals surface area contributed by atoms with Crippen LogP contribution in [0.3, 0.4) is 0 Å². The minimum absolute atomic E-state index is 0.0643. The van der Waals surface area contributed by atoms with Crippen molar-refractivity contribution in [3.63, 3.8) is 0 Å². The zero-order chi connectivity index (χ0) is 14.8. The number of hydrogen-bond donors (Lipinski definition) is 0. The van der Waals surface area contributed by atoms with Gasteiger partial charge in [-0.15, -0.1) is 0 Å². The minimum Gasteiger partial charge on any atom is -0.207 e. The van der Waals surface area contributed by atoms with E-state index in [-0.39, 0.29) is 17.5 Å². The largest absolute Gasteiger partial charge is 0.245 e. The first-order chi connectivity index (χ1) is 9.46. The lowest BCUT2D eigenvalue weighted by Gasteiger charge is -2.26. The molecule has 2 rings (SSSR count). The van der Waals surface area contributed by atoms with Gasteiger partial charge in [-0.25, -0.2) is 8.42 Å². The quantitative estimate of drug-likeness (QED) is 0.696. The average molecular weight is 422 g/mol. The zero-order valence-corrected chi connectivity index (χ0v) is 14.7. The van der Waals surface area contributed by atoms with Gasteiger partial charge in [0.05, 0.1) is 11.0 Å². The molecular formula is C13H14Br2N2O2S. The molecule has 108 valence electrons. The fourth-order valence-electron chi connectivity index (χ4n) is 2.47. The lowest BCUT2D eigenvalue weighted by molar-refractivity contribution is 0.350. The molecule has 1 saturated carbocycles. The van der Waals surface area contributed by atoms with Gasteiger partial charge < -0.3 is 0 Å². The molecule has 1 aliphatic rings. The van der Waals surface area contributed by atoms with Crippen molar-refractivity contribution in [2.45, 2.75) is 36.6 Å². The molecule has 0 saturated heterocycles. The number of rotatable bonds is 4. The van der Waals surface area contributed by atoms with E-state index in [4.69, 9.17) is 5.26 Å².